The molecular weight excluding hydrogens is 351 g/mol. The molecule has 8 heteroatoms. The molecule has 0 saturated heterocycles. The van der Waals surface area contributed by atoms with Crippen molar-refractivity contribution in [3.8, 4) is 11.6 Å². The normalized spacial score (nSPS) is 11.3. The van der Waals surface area contributed by atoms with E-state index in [1.165, 1.54) is 0 Å². The standard InChI is InChI=1S/C13H11BrF3N3O/c1-2-18-12-19-10(13(15,16)17)7-11(20-12)21-9-5-3-4-8(14)6-9/h3-7H,2H2,1H3,(H,18,19,20). The van der Waals surface area contributed by atoms with E-state index in [1.807, 2.05) is 0 Å². The van der Waals surface area contributed by atoms with E-state index in [1.54, 1.807) is 31.2 Å². The Kier molecular flexibility index (Phi) is 4.66. The summed E-state index contributed by atoms with van der Waals surface area (Å²) in [5, 5.41) is 2.65. The molecule has 4 nitrogen and oxygen atoms in total. The zero-order valence-electron chi connectivity index (χ0n) is 10.9. The molecule has 0 fully saturated rings. The van der Waals surface area contributed by atoms with Crippen LogP contribution in [0.15, 0.2) is 34.8 Å². The Bertz CT molecular complexity index is 634. The van der Waals surface area contributed by atoms with E-state index in [9.17, 15) is 13.2 Å². The third-order valence-corrected chi connectivity index (χ3v) is 2.84. The quantitative estimate of drug-likeness (QED) is 0.871. The summed E-state index contributed by atoms with van der Waals surface area (Å²) >= 11 is 3.26. The number of hydrogen-bond acceptors (Lipinski definition) is 4. The third kappa shape index (κ3) is 4.32. The highest BCUT2D eigenvalue weighted by atomic mass is 79.9. The molecule has 0 saturated carbocycles. The SMILES string of the molecule is CCNc1nc(Oc2cccc(Br)c2)cc(C(F)(F)F)n1. The predicted octanol–water partition coefficient (Wildman–Crippen LogP) is 4.48. The number of halogens is 4. The molecule has 0 aliphatic rings. The van der Waals surface area contributed by atoms with Crippen molar-refractivity contribution >= 4 is 21.9 Å². The van der Waals surface area contributed by atoms with Crippen LogP contribution in [0.5, 0.6) is 11.6 Å². The first kappa shape index (κ1) is 15.6. The maximum atomic E-state index is 12.8. The molecule has 0 radical (unpaired) electrons. The summed E-state index contributed by atoms with van der Waals surface area (Å²) in [4.78, 5) is 7.32. The summed E-state index contributed by atoms with van der Waals surface area (Å²) in [6.07, 6.45) is -4.57. The molecule has 112 valence electrons. The van der Waals surface area contributed by atoms with Crippen molar-refractivity contribution in [3.63, 3.8) is 0 Å². The summed E-state index contributed by atoms with van der Waals surface area (Å²) in [7, 11) is 0. The lowest BCUT2D eigenvalue weighted by atomic mass is 10.3. The molecule has 0 amide bonds. The Morgan fingerprint density at radius 3 is 2.62 bits per heavy atom. The van der Waals surface area contributed by atoms with E-state index in [4.69, 9.17) is 4.74 Å². The Labute approximate surface area is 127 Å². The van der Waals surface area contributed by atoms with Gasteiger partial charge in [0.15, 0.2) is 5.69 Å². The van der Waals surface area contributed by atoms with Crippen molar-refractivity contribution in [2.75, 3.05) is 11.9 Å². The molecule has 0 unspecified atom stereocenters. The molecule has 1 aromatic heterocycles. The lowest BCUT2D eigenvalue weighted by molar-refractivity contribution is -0.141. The highest BCUT2D eigenvalue weighted by Gasteiger charge is 2.34. The highest BCUT2D eigenvalue weighted by molar-refractivity contribution is 9.10. The van der Waals surface area contributed by atoms with Crippen LogP contribution in [0.25, 0.3) is 0 Å². The number of hydrogen-bond donors (Lipinski definition) is 1. The largest absolute Gasteiger partial charge is 0.439 e. The predicted molar refractivity (Wildman–Crippen MR) is 75.4 cm³/mol. The highest BCUT2D eigenvalue weighted by Crippen LogP contribution is 2.32. The van der Waals surface area contributed by atoms with Crippen LogP contribution in [-0.4, -0.2) is 16.5 Å². The molecule has 1 heterocycles. The minimum Gasteiger partial charge on any atom is -0.439 e. The first-order valence-corrected chi connectivity index (χ1v) is 6.81. The van der Waals surface area contributed by atoms with Gasteiger partial charge < -0.3 is 10.1 Å². The number of anilines is 1. The Morgan fingerprint density at radius 2 is 2.00 bits per heavy atom. The Morgan fingerprint density at radius 1 is 1.24 bits per heavy atom. The fraction of sp³-hybridized carbons (Fsp3) is 0.231. The number of alkyl halides is 3. The third-order valence-electron chi connectivity index (χ3n) is 2.35. The van der Waals surface area contributed by atoms with Crippen LogP contribution in [0.4, 0.5) is 19.1 Å². The van der Waals surface area contributed by atoms with Crippen LogP contribution in [0.1, 0.15) is 12.6 Å². The van der Waals surface area contributed by atoms with E-state index >= 15 is 0 Å². The molecule has 21 heavy (non-hydrogen) atoms. The number of benzene rings is 1. The van der Waals surface area contributed by atoms with Crippen LogP contribution in [0, 0.1) is 0 Å². The van der Waals surface area contributed by atoms with Crippen LogP contribution in [-0.2, 0) is 6.18 Å². The second-order valence-electron chi connectivity index (χ2n) is 4.00. The van der Waals surface area contributed by atoms with Crippen LogP contribution >= 0.6 is 15.9 Å². The van der Waals surface area contributed by atoms with Gasteiger partial charge in [0.1, 0.15) is 5.75 Å². The molecule has 2 aromatic rings. The summed E-state index contributed by atoms with van der Waals surface area (Å²) < 4.78 is 44.5. The van der Waals surface area contributed by atoms with Gasteiger partial charge in [-0.1, -0.05) is 22.0 Å². The molecule has 0 aliphatic carbocycles. The van der Waals surface area contributed by atoms with Crippen molar-refractivity contribution in [3.05, 3.63) is 40.5 Å². The van der Waals surface area contributed by atoms with E-state index in [2.05, 4.69) is 31.2 Å². The average Bonchev–Trinajstić information content (AvgIpc) is 2.37. The topological polar surface area (TPSA) is 47.0 Å². The summed E-state index contributed by atoms with van der Waals surface area (Å²) in [5.74, 6) is 0.0716. The van der Waals surface area contributed by atoms with E-state index < -0.39 is 11.9 Å². The van der Waals surface area contributed by atoms with Gasteiger partial charge in [0.2, 0.25) is 11.8 Å². The maximum absolute atomic E-state index is 12.8. The van der Waals surface area contributed by atoms with Crippen molar-refractivity contribution in [1.29, 1.82) is 0 Å². The van der Waals surface area contributed by atoms with Gasteiger partial charge in [0, 0.05) is 17.1 Å². The van der Waals surface area contributed by atoms with Gasteiger partial charge in [0.25, 0.3) is 0 Å². The monoisotopic (exact) mass is 361 g/mol. The molecule has 0 atom stereocenters. The van der Waals surface area contributed by atoms with Crippen LogP contribution < -0.4 is 10.1 Å². The fourth-order valence-electron chi connectivity index (χ4n) is 1.51. The second-order valence-corrected chi connectivity index (χ2v) is 4.92. The lowest BCUT2D eigenvalue weighted by Crippen LogP contribution is -2.12. The zero-order valence-corrected chi connectivity index (χ0v) is 12.5. The number of nitrogens with zero attached hydrogens (tertiary/aromatic N) is 2. The first-order chi connectivity index (χ1) is 9.88. The summed E-state index contributed by atoms with van der Waals surface area (Å²) in [5.41, 5.74) is -1.06. The van der Waals surface area contributed by atoms with Crippen molar-refractivity contribution in [2.24, 2.45) is 0 Å². The van der Waals surface area contributed by atoms with Gasteiger partial charge in [-0.2, -0.15) is 18.2 Å². The summed E-state index contributed by atoms with van der Waals surface area (Å²) in [6.45, 7) is 2.14. The van der Waals surface area contributed by atoms with E-state index in [-0.39, 0.29) is 11.8 Å². The summed E-state index contributed by atoms with van der Waals surface area (Å²) in [6, 6.07) is 7.49. The van der Waals surface area contributed by atoms with Gasteiger partial charge in [-0.3, -0.25) is 0 Å². The van der Waals surface area contributed by atoms with Gasteiger partial charge in [0.05, 0.1) is 0 Å². The van der Waals surface area contributed by atoms with Gasteiger partial charge in [-0.15, -0.1) is 0 Å². The number of aromatic nitrogens is 2. The molecule has 0 spiro atoms. The van der Waals surface area contributed by atoms with Gasteiger partial charge >= 0.3 is 6.18 Å². The van der Waals surface area contributed by atoms with Gasteiger partial charge in [-0.05, 0) is 25.1 Å². The molecule has 0 aliphatic heterocycles. The Balaban J connectivity index is 2.35. The van der Waals surface area contributed by atoms with Gasteiger partial charge in [-0.25, -0.2) is 4.98 Å². The molecular formula is C13H11BrF3N3O. The number of rotatable bonds is 4. The van der Waals surface area contributed by atoms with E-state index in [0.717, 1.165) is 10.5 Å². The minimum atomic E-state index is -4.57. The number of ether oxygens (including phenoxy) is 1. The minimum absolute atomic E-state index is 0.127. The zero-order chi connectivity index (χ0) is 15.5. The maximum Gasteiger partial charge on any atom is 0.433 e. The molecule has 1 N–H and O–H groups in total. The van der Waals surface area contributed by atoms with Crippen molar-refractivity contribution < 1.29 is 17.9 Å². The van der Waals surface area contributed by atoms with Crippen LogP contribution in [0.2, 0.25) is 0 Å². The Hall–Kier alpha value is -1.83. The smallest absolute Gasteiger partial charge is 0.433 e. The molecule has 1 aromatic carbocycles. The van der Waals surface area contributed by atoms with E-state index in [0.29, 0.717) is 12.3 Å². The van der Waals surface area contributed by atoms with Crippen LogP contribution in [0.3, 0.4) is 0 Å². The lowest BCUT2D eigenvalue weighted by Gasteiger charge is -2.11. The van der Waals surface area contributed by atoms with Crippen molar-refractivity contribution in [1.82, 2.24) is 9.97 Å². The number of nitrogens with one attached hydrogen (secondary N) is 1. The molecule has 2 rings (SSSR count). The second kappa shape index (κ2) is 6.30. The average molecular weight is 362 g/mol. The van der Waals surface area contributed by atoms with Crippen molar-refractivity contribution in [2.45, 2.75) is 13.1 Å². The fourth-order valence-corrected chi connectivity index (χ4v) is 1.89. The first-order valence-electron chi connectivity index (χ1n) is 6.02. The molecule has 0 bridgehead atoms.